The number of hydrogen-bond acceptors (Lipinski definition) is 5. The molecule has 1 aliphatic heterocycles. The predicted molar refractivity (Wildman–Crippen MR) is 80.6 cm³/mol. The van der Waals surface area contributed by atoms with Gasteiger partial charge in [0.1, 0.15) is 11.9 Å². The number of nitriles is 1. The zero-order chi connectivity index (χ0) is 15.8. The predicted octanol–water partition coefficient (Wildman–Crippen LogP) is 1.48. The molecule has 2 heterocycles. The molecule has 1 atom stereocenters. The topological polar surface area (TPSA) is 83.3 Å². The van der Waals surface area contributed by atoms with E-state index in [2.05, 4.69) is 11.1 Å². The highest BCUT2D eigenvalue weighted by Gasteiger charge is 2.49. The maximum atomic E-state index is 12.4. The molecule has 7 heteroatoms. The molecule has 3 rings (SSSR count). The van der Waals surface area contributed by atoms with E-state index in [0.29, 0.717) is 38.1 Å². The van der Waals surface area contributed by atoms with Crippen LogP contribution in [0.4, 0.5) is 0 Å². The lowest BCUT2D eigenvalue weighted by Gasteiger charge is -2.18. The Morgan fingerprint density at radius 2 is 2.27 bits per heavy atom. The zero-order valence-electron chi connectivity index (χ0n) is 12.5. The summed E-state index contributed by atoms with van der Waals surface area (Å²) in [5.74, 6) is 0.598. The fourth-order valence-corrected chi connectivity index (χ4v) is 4.65. The van der Waals surface area contributed by atoms with Crippen molar-refractivity contribution in [2.75, 3.05) is 18.8 Å². The van der Waals surface area contributed by atoms with Crippen LogP contribution in [0.1, 0.15) is 25.0 Å². The van der Waals surface area contributed by atoms with Gasteiger partial charge in [-0.25, -0.2) is 8.42 Å². The van der Waals surface area contributed by atoms with Crippen molar-refractivity contribution in [3.05, 3.63) is 24.0 Å². The molecule has 6 nitrogen and oxygen atoms in total. The van der Waals surface area contributed by atoms with Crippen LogP contribution < -0.4 is 4.74 Å². The lowest BCUT2D eigenvalue weighted by Crippen LogP contribution is -2.35. The zero-order valence-corrected chi connectivity index (χ0v) is 13.3. The number of rotatable bonds is 5. The van der Waals surface area contributed by atoms with Crippen molar-refractivity contribution in [1.82, 2.24) is 9.29 Å². The van der Waals surface area contributed by atoms with Crippen LogP contribution in [-0.4, -0.2) is 42.7 Å². The number of sulfonamides is 1. The van der Waals surface area contributed by atoms with Gasteiger partial charge in [0, 0.05) is 12.2 Å². The molecule has 118 valence electrons. The van der Waals surface area contributed by atoms with Gasteiger partial charge in [-0.2, -0.15) is 9.57 Å². The second kappa shape index (κ2) is 5.52. The first-order chi connectivity index (χ1) is 10.4. The first kappa shape index (κ1) is 15.3. The Labute approximate surface area is 130 Å². The lowest BCUT2D eigenvalue weighted by molar-refractivity contribution is 0.214. The third-order valence-electron chi connectivity index (χ3n) is 4.24. The van der Waals surface area contributed by atoms with Crippen molar-refractivity contribution in [3.8, 4) is 11.8 Å². The van der Waals surface area contributed by atoms with Crippen molar-refractivity contribution in [3.63, 3.8) is 0 Å². The van der Waals surface area contributed by atoms with E-state index in [0.717, 1.165) is 5.69 Å². The molecular formula is C15H19N3O3S. The maximum Gasteiger partial charge on any atom is 0.215 e. The number of nitrogens with zero attached hydrogens (tertiary/aromatic N) is 3. The van der Waals surface area contributed by atoms with E-state index >= 15 is 0 Å². The first-order valence-electron chi connectivity index (χ1n) is 7.41. The van der Waals surface area contributed by atoms with E-state index < -0.39 is 15.4 Å². The summed E-state index contributed by atoms with van der Waals surface area (Å²) >= 11 is 0. The summed E-state index contributed by atoms with van der Waals surface area (Å²) < 4.78 is 32.0. The standard InChI is InChI=1S/C15H19N3O3S/c1-12-2-3-13(8-17-12)21-14-4-7-18(9-14)22(19,20)11-15(10-16)5-6-15/h2-3,8,14H,4-7,9,11H2,1H3/t14-/m1/s1. The molecule has 1 saturated heterocycles. The summed E-state index contributed by atoms with van der Waals surface area (Å²) in [5, 5.41) is 9.07. The molecule has 22 heavy (non-hydrogen) atoms. The monoisotopic (exact) mass is 321 g/mol. The van der Waals surface area contributed by atoms with Gasteiger partial charge in [-0.1, -0.05) is 0 Å². The molecule has 0 spiro atoms. The normalized spacial score (nSPS) is 23.9. The molecule has 0 unspecified atom stereocenters. The van der Waals surface area contributed by atoms with Gasteiger partial charge in [-0.05, 0) is 38.3 Å². The Kier molecular flexibility index (Phi) is 3.83. The number of aryl methyl sites for hydroxylation is 1. The van der Waals surface area contributed by atoms with Crippen molar-refractivity contribution in [1.29, 1.82) is 5.26 Å². The van der Waals surface area contributed by atoms with Crippen LogP contribution in [0.15, 0.2) is 18.3 Å². The Bertz CT molecular complexity index is 690. The molecule has 2 aliphatic rings. The number of aromatic nitrogens is 1. The summed E-state index contributed by atoms with van der Waals surface area (Å²) in [6.07, 6.45) is 3.53. The van der Waals surface area contributed by atoms with E-state index in [-0.39, 0.29) is 11.9 Å². The molecule has 1 aromatic heterocycles. The molecule has 0 aromatic carbocycles. The number of hydrogen-bond donors (Lipinski definition) is 0. The highest BCUT2D eigenvalue weighted by Crippen LogP contribution is 2.46. The van der Waals surface area contributed by atoms with Gasteiger partial charge >= 0.3 is 0 Å². The van der Waals surface area contributed by atoms with E-state index in [1.54, 1.807) is 6.20 Å². The van der Waals surface area contributed by atoms with Gasteiger partial charge in [-0.3, -0.25) is 4.98 Å². The molecule has 0 radical (unpaired) electrons. The second-order valence-corrected chi connectivity index (χ2v) is 8.14. The van der Waals surface area contributed by atoms with Crippen LogP contribution in [0.3, 0.4) is 0 Å². The molecule has 0 amide bonds. The quantitative estimate of drug-likeness (QED) is 0.820. The molecule has 0 N–H and O–H groups in total. The van der Waals surface area contributed by atoms with Crippen LogP contribution in [0.2, 0.25) is 0 Å². The van der Waals surface area contributed by atoms with E-state index in [9.17, 15) is 8.42 Å². The average molecular weight is 321 g/mol. The molecule has 2 fully saturated rings. The van der Waals surface area contributed by atoms with Crippen LogP contribution in [0.25, 0.3) is 0 Å². The second-order valence-electron chi connectivity index (χ2n) is 6.17. The Balaban J connectivity index is 1.60. The Morgan fingerprint density at radius 3 is 2.86 bits per heavy atom. The smallest absolute Gasteiger partial charge is 0.215 e. The van der Waals surface area contributed by atoms with Crippen molar-refractivity contribution in [2.45, 2.75) is 32.3 Å². The Morgan fingerprint density at radius 1 is 1.50 bits per heavy atom. The van der Waals surface area contributed by atoms with Gasteiger partial charge in [0.15, 0.2) is 0 Å². The highest BCUT2D eigenvalue weighted by molar-refractivity contribution is 7.89. The van der Waals surface area contributed by atoms with Gasteiger partial charge in [0.2, 0.25) is 10.0 Å². The van der Waals surface area contributed by atoms with Gasteiger partial charge in [-0.15, -0.1) is 0 Å². The van der Waals surface area contributed by atoms with E-state index in [1.165, 1.54) is 4.31 Å². The summed E-state index contributed by atoms with van der Waals surface area (Å²) in [5.41, 5.74) is 0.271. The number of ether oxygens (including phenoxy) is 1. The van der Waals surface area contributed by atoms with E-state index in [1.807, 2.05) is 19.1 Å². The minimum atomic E-state index is -3.38. The van der Waals surface area contributed by atoms with E-state index in [4.69, 9.17) is 10.00 Å². The Hall–Kier alpha value is -1.65. The minimum absolute atomic E-state index is 0.0602. The lowest BCUT2D eigenvalue weighted by atomic mass is 10.2. The van der Waals surface area contributed by atoms with Crippen LogP contribution in [0, 0.1) is 23.7 Å². The van der Waals surface area contributed by atoms with Gasteiger partial charge in [0.05, 0.1) is 30.0 Å². The fourth-order valence-electron chi connectivity index (χ4n) is 2.64. The van der Waals surface area contributed by atoms with Crippen LogP contribution >= 0.6 is 0 Å². The summed E-state index contributed by atoms with van der Waals surface area (Å²) in [6, 6.07) is 5.85. The largest absolute Gasteiger partial charge is 0.487 e. The number of pyridine rings is 1. The van der Waals surface area contributed by atoms with Crippen LogP contribution in [0.5, 0.6) is 5.75 Å². The molecular weight excluding hydrogens is 302 g/mol. The third kappa shape index (κ3) is 3.23. The molecule has 0 bridgehead atoms. The summed E-state index contributed by atoms with van der Waals surface area (Å²) in [7, 11) is -3.38. The SMILES string of the molecule is Cc1ccc(O[C@@H]2CCN(S(=O)(=O)CC3(C#N)CC3)C2)cn1. The van der Waals surface area contributed by atoms with Crippen molar-refractivity contribution < 1.29 is 13.2 Å². The molecule has 1 aromatic rings. The summed E-state index contributed by atoms with van der Waals surface area (Å²) in [6.45, 7) is 2.70. The summed E-state index contributed by atoms with van der Waals surface area (Å²) in [4.78, 5) is 4.16. The van der Waals surface area contributed by atoms with Gasteiger partial charge < -0.3 is 4.74 Å². The average Bonchev–Trinajstić information content (AvgIpc) is 3.07. The van der Waals surface area contributed by atoms with Gasteiger partial charge in [0.25, 0.3) is 0 Å². The molecule has 1 aliphatic carbocycles. The van der Waals surface area contributed by atoms with Crippen molar-refractivity contribution >= 4 is 10.0 Å². The maximum absolute atomic E-state index is 12.4. The first-order valence-corrected chi connectivity index (χ1v) is 9.02. The van der Waals surface area contributed by atoms with Crippen LogP contribution in [-0.2, 0) is 10.0 Å². The fraction of sp³-hybridized carbons (Fsp3) is 0.600. The highest BCUT2D eigenvalue weighted by atomic mass is 32.2. The minimum Gasteiger partial charge on any atom is -0.487 e. The molecule has 1 saturated carbocycles. The third-order valence-corrected chi connectivity index (χ3v) is 6.27. The van der Waals surface area contributed by atoms with Crippen molar-refractivity contribution in [2.24, 2.45) is 5.41 Å².